The number of hydrogen-bond donors (Lipinski definition) is 1. The molecule has 0 bridgehead atoms. The molecular weight excluding hydrogens is 246 g/mol. The van der Waals surface area contributed by atoms with Gasteiger partial charge in [-0.1, -0.05) is 6.92 Å². The lowest BCUT2D eigenvalue weighted by Gasteiger charge is -2.31. The lowest BCUT2D eigenvalue weighted by Crippen LogP contribution is -2.44. The summed E-state index contributed by atoms with van der Waals surface area (Å²) in [6.45, 7) is 6.56. The van der Waals surface area contributed by atoms with E-state index in [1.807, 2.05) is 11.8 Å². The molecule has 1 aromatic rings. The molecule has 2 amide bonds. The van der Waals surface area contributed by atoms with Crippen LogP contribution >= 0.6 is 11.3 Å². The molecular formula is C13H21N3OS. The van der Waals surface area contributed by atoms with E-state index < -0.39 is 0 Å². The van der Waals surface area contributed by atoms with Crippen LogP contribution in [0.5, 0.6) is 0 Å². The number of carbonyl (C=O) groups excluding carboxylic acids is 1. The Morgan fingerprint density at radius 3 is 2.83 bits per heavy atom. The summed E-state index contributed by atoms with van der Waals surface area (Å²) in [6, 6.07) is 0.0885. The molecule has 1 saturated heterocycles. The highest BCUT2D eigenvalue weighted by Gasteiger charge is 2.25. The summed E-state index contributed by atoms with van der Waals surface area (Å²) in [5.41, 5.74) is 1.11. The first-order valence-electron chi connectivity index (χ1n) is 6.65. The highest BCUT2D eigenvalue weighted by Crippen LogP contribution is 2.30. The van der Waals surface area contributed by atoms with Crippen molar-refractivity contribution in [2.75, 3.05) is 19.6 Å². The van der Waals surface area contributed by atoms with Gasteiger partial charge in [-0.25, -0.2) is 9.78 Å². The van der Waals surface area contributed by atoms with Crippen LogP contribution in [0.25, 0.3) is 0 Å². The van der Waals surface area contributed by atoms with E-state index in [4.69, 9.17) is 0 Å². The smallest absolute Gasteiger partial charge is 0.317 e. The molecule has 0 aliphatic carbocycles. The topological polar surface area (TPSA) is 45.2 Å². The number of nitrogens with one attached hydrogen (secondary N) is 1. The molecule has 0 saturated carbocycles. The number of aryl methyl sites for hydroxylation is 1. The first-order valence-corrected chi connectivity index (χ1v) is 7.53. The number of amides is 2. The number of urea groups is 1. The van der Waals surface area contributed by atoms with E-state index in [9.17, 15) is 4.79 Å². The van der Waals surface area contributed by atoms with Crippen molar-refractivity contribution in [1.82, 2.24) is 15.2 Å². The lowest BCUT2D eigenvalue weighted by molar-refractivity contribution is 0.181. The van der Waals surface area contributed by atoms with Crippen molar-refractivity contribution < 1.29 is 4.79 Å². The minimum atomic E-state index is 0.0885. The standard InChI is InChI=1S/C13H21N3OS/c1-3-6-14-13(17)16-7-4-11(5-8-16)12-15-10(2)9-18-12/h9,11H,3-8H2,1-2H3,(H,14,17). The van der Waals surface area contributed by atoms with E-state index in [1.165, 1.54) is 5.01 Å². The summed E-state index contributed by atoms with van der Waals surface area (Å²) in [7, 11) is 0. The van der Waals surface area contributed by atoms with Crippen molar-refractivity contribution in [2.45, 2.75) is 39.0 Å². The Kier molecular flexibility index (Phi) is 4.58. The summed E-state index contributed by atoms with van der Waals surface area (Å²) in [4.78, 5) is 18.3. The summed E-state index contributed by atoms with van der Waals surface area (Å²) in [5, 5.41) is 6.28. The van der Waals surface area contributed by atoms with Gasteiger partial charge in [0.05, 0.1) is 5.01 Å². The van der Waals surface area contributed by atoms with Crippen LogP contribution in [0.1, 0.15) is 42.8 Å². The van der Waals surface area contributed by atoms with Crippen LogP contribution in [0.2, 0.25) is 0 Å². The van der Waals surface area contributed by atoms with Gasteiger partial charge in [0.15, 0.2) is 0 Å². The highest BCUT2D eigenvalue weighted by molar-refractivity contribution is 7.09. The number of thiazole rings is 1. The molecule has 2 heterocycles. The zero-order chi connectivity index (χ0) is 13.0. The van der Waals surface area contributed by atoms with Gasteiger partial charge in [0.25, 0.3) is 0 Å². The monoisotopic (exact) mass is 267 g/mol. The van der Waals surface area contributed by atoms with E-state index in [2.05, 4.69) is 22.6 Å². The molecule has 0 unspecified atom stereocenters. The quantitative estimate of drug-likeness (QED) is 0.915. The van der Waals surface area contributed by atoms with Gasteiger partial charge in [-0.3, -0.25) is 0 Å². The maximum Gasteiger partial charge on any atom is 0.317 e. The summed E-state index contributed by atoms with van der Waals surface area (Å²) >= 11 is 1.75. The molecule has 100 valence electrons. The van der Waals surface area contributed by atoms with Gasteiger partial charge in [-0.05, 0) is 26.2 Å². The largest absolute Gasteiger partial charge is 0.338 e. The van der Waals surface area contributed by atoms with E-state index in [-0.39, 0.29) is 6.03 Å². The molecule has 18 heavy (non-hydrogen) atoms. The van der Waals surface area contributed by atoms with Gasteiger partial charge >= 0.3 is 6.03 Å². The molecule has 0 aromatic carbocycles. The Hall–Kier alpha value is -1.10. The average Bonchev–Trinajstić information content (AvgIpc) is 2.83. The number of aromatic nitrogens is 1. The molecule has 1 aromatic heterocycles. The zero-order valence-corrected chi connectivity index (χ0v) is 11.9. The first kappa shape index (κ1) is 13.3. The zero-order valence-electron chi connectivity index (χ0n) is 11.1. The Morgan fingerprint density at radius 2 is 2.28 bits per heavy atom. The Balaban J connectivity index is 1.82. The van der Waals surface area contributed by atoms with Gasteiger partial charge in [0.1, 0.15) is 0 Å². The number of rotatable bonds is 3. The molecule has 0 spiro atoms. The third kappa shape index (κ3) is 3.22. The van der Waals surface area contributed by atoms with Crippen LogP contribution in [0.3, 0.4) is 0 Å². The molecule has 0 atom stereocenters. The van der Waals surface area contributed by atoms with Crippen molar-refractivity contribution in [1.29, 1.82) is 0 Å². The van der Waals surface area contributed by atoms with Crippen LogP contribution < -0.4 is 5.32 Å². The molecule has 0 radical (unpaired) electrons. The van der Waals surface area contributed by atoms with Crippen LogP contribution in [-0.4, -0.2) is 35.5 Å². The summed E-state index contributed by atoms with van der Waals surface area (Å²) in [6.07, 6.45) is 3.06. The summed E-state index contributed by atoms with van der Waals surface area (Å²) < 4.78 is 0. The second-order valence-corrected chi connectivity index (χ2v) is 5.71. The van der Waals surface area contributed by atoms with E-state index in [0.717, 1.165) is 44.6 Å². The van der Waals surface area contributed by atoms with E-state index in [0.29, 0.717) is 5.92 Å². The van der Waals surface area contributed by atoms with Gasteiger partial charge in [-0.15, -0.1) is 11.3 Å². The predicted molar refractivity (Wildman–Crippen MR) is 74.1 cm³/mol. The number of hydrogen-bond acceptors (Lipinski definition) is 3. The van der Waals surface area contributed by atoms with E-state index >= 15 is 0 Å². The molecule has 1 aliphatic heterocycles. The normalized spacial score (nSPS) is 16.9. The van der Waals surface area contributed by atoms with Crippen LogP contribution in [0, 0.1) is 6.92 Å². The third-order valence-corrected chi connectivity index (χ3v) is 4.42. The minimum absolute atomic E-state index is 0.0885. The van der Waals surface area contributed by atoms with Crippen LogP contribution in [-0.2, 0) is 0 Å². The number of likely N-dealkylation sites (tertiary alicyclic amines) is 1. The fourth-order valence-corrected chi connectivity index (χ4v) is 3.20. The van der Waals surface area contributed by atoms with Gasteiger partial charge in [0.2, 0.25) is 0 Å². The lowest BCUT2D eigenvalue weighted by atomic mass is 9.98. The van der Waals surface area contributed by atoms with Crippen molar-refractivity contribution in [2.24, 2.45) is 0 Å². The molecule has 5 heteroatoms. The maximum absolute atomic E-state index is 11.8. The number of piperidine rings is 1. The van der Waals surface area contributed by atoms with Gasteiger partial charge in [-0.2, -0.15) is 0 Å². The van der Waals surface area contributed by atoms with E-state index in [1.54, 1.807) is 11.3 Å². The Bertz CT molecular complexity index is 397. The minimum Gasteiger partial charge on any atom is -0.338 e. The molecule has 1 fully saturated rings. The molecule has 2 rings (SSSR count). The molecule has 4 nitrogen and oxygen atoms in total. The SMILES string of the molecule is CCCNC(=O)N1CCC(c2nc(C)cs2)CC1. The second-order valence-electron chi connectivity index (χ2n) is 4.82. The first-order chi connectivity index (χ1) is 8.70. The number of carbonyl (C=O) groups is 1. The molecule has 1 N–H and O–H groups in total. The number of nitrogens with zero attached hydrogens (tertiary/aromatic N) is 2. The second kappa shape index (κ2) is 6.18. The van der Waals surface area contributed by atoms with Crippen LogP contribution in [0.15, 0.2) is 5.38 Å². The highest BCUT2D eigenvalue weighted by atomic mass is 32.1. The fraction of sp³-hybridized carbons (Fsp3) is 0.692. The van der Waals surface area contributed by atoms with Crippen molar-refractivity contribution in [3.63, 3.8) is 0 Å². The van der Waals surface area contributed by atoms with Crippen LogP contribution in [0.4, 0.5) is 4.79 Å². The third-order valence-electron chi connectivity index (χ3n) is 3.29. The van der Waals surface area contributed by atoms with Crippen molar-refractivity contribution >= 4 is 17.4 Å². The van der Waals surface area contributed by atoms with Gasteiger partial charge in [0, 0.05) is 36.6 Å². The Labute approximate surface area is 112 Å². The fourth-order valence-electron chi connectivity index (χ4n) is 2.23. The van der Waals surface area contributed by atoms with Gasteiger partial charge < -0.3 is 10.2 Å². The summed E-state index contributed by atoms with van der Waals surface area (Å²) in [5.74, 6) is 0.541. The van der Waals surface area contributed by atoms with Crippen molar-refractivity contribution in [3.05, 3.63) is 16.1 Å². The predicted octanol–water partition coefficient (Wildman–Crippen LogP) is 2.75. The Morgan fingerprint density at radius 1 is 1.56 bits per heavy atom. The maximum atomic E-state index is 11.8. The average molecular weight is 267 g/mol. The van der Waals surface area contributed by atoms with Crippen molar-refractivity contribution in [3.8, 4) is 0 Å². The molecule has 1 aliphatic rings.